The molecule has 88 valence electrons. The Hall–Kier alpha value is -1.22. The van der Waals surface area contributed by atoms with Gasteiger partial charge in [0.15, 0.2) is 0 Å². The number of methoxy groups -OCH3 is 1. The summed E-state index contributed by atoms with van der Waals surface area (Å²) in [5.41, 5.74) is 0. The fraction of sp³-hybridized carbons (Fsp3) is 0.538. The van der Waals surface area contributed by atoms with E-state index in [9.17, 15) is 0 Å². The molecule has 1 aromatic rings. The van der Waals surface area contributed by atoms with Gasteiger partial charge in [-0.1, -0.05) is 6.07 Å². The maximum Gasteiger partial charge on any atom is 0.123 e. The van der Waals surface area contributed by atoms with E-state index in [2.05, 4.69) is 5.32 Å². The van der Waals surface area contributed by atoms with Gasteiger partial charge in [-0.3, -0.25) is 0 Å². The van der Waals surface area contributed by atoms with Gasteiger partial charge in [-0.15, -0.1) is 0 Å². The Kier molecular flexibility index (Phi) is 3.67. The lowest BCUT2D eigenvalue weighted by Gasteiger charge is -2.14. The zero-order valence-electron chi connectivity index (χ0n) is 9.90. The monoisotopic (exact) mass is 221 g/mol. The average molecular weight is 221 g/mol. The molecule has 2 rings (SSSR count). The molecule has 1 saturated carbocycles. The molecule has 0 aliphatic heterocycles. The topological polar surface area (TPSA) is 30.5 Å². The van der Waals surface area contributed by atoms with E-state index in [1.54, 1.807) is 7.11 Å². The Morgan fingerprint density at radius 3 is 2.75 bits per heavy atom. The minimum absolute atomic E-state index is 0.338. The summed E-state index contributed by atoms with van der Waals surface area (Å²) in [6.45, 7) is 0. The molecule has 0 amide bonds. The summed E-state index contributed by atoms with van der Waals surface area (Å²) in [4.78, 5) is 0. The molecular weight excluding hydrogens is 202 g/mol. The normalized spacial score (nSPS) is 24.4. The van der Waals surface area contributed by atoms with Crippen molar-refractivity contribution < 1.29 is 9.47 Å². The molecule has 16 heavy (non-hydrogen) atoms. The fourth-order valence-electron chi connectivity index (χ4n) is 2.18. The van der Waals surface area contributed by atoms with Gasteiger partial charge in [0.25, 0.3) is 0 Å². The van der Waals surface area contributed by atoms with Crippen LogP contribution in [0.15, 0.2) is 24.3 Å². The van der Waals surface area contributed by atoms with Crippen molar-refractivity contribution in [3.8, 4) is 11.5 Å². The molecular formula is C13H19NO2. The van der Waals surface area contributed by atoms with Crippen LogP contribution in [0.1, 0.15) is 19.3 Å². The molecule has 1 aliphatic carbocycles. The van der Waals surface area contributed by atoms with Crippen molar-refractivity contribution in [1.29, 1.82) is 0 Å². The van der Waals surface area contributed by atoms with E-state index in [1.165, 1.54) is 6.42 Å². The van der Waals surface area contributed by atoms with Crippen molar-refractivity contribution in [2.75, 3.05) is 14.2 Å². The average Bonchev–Trinajstić information content (AvgIpc) is 2.77. The first kappa shape index (κ1) is 11.3. The van der Waals surface area contributed by atoms with Crippen molar-refractivity contribution in [1.82, 2.24) is 5.32 Å². The molecule has 0 radical (unpaired) electrons. The van der Waals surface area contributed by atoms with E-state index in [4.69, 9.17) is 9.47 Å². The summed E-state index contributed by atoms with van der Waals surface area (Å²) in [6.07, 6.45) is 3.76. The minimum Gasteiger partial charge on any atom is -0.497 e. The summed E-state index contributed by atoms with van der Waals surface area (Å²) in [7, 11) is 3.68. The van der Waals surface area contributed by atoms with E-state index < -0.39 is 0 Å². The molecule has 2 unspecified atom stereocenters. The Balaban J connectivity index is 1.94. The van der Waals surface area contributed by atoms with Gasteiger partial charge in [0.05, 0.1) is 7.11 Å². The summed E-state index contributed by atoms with van der Waals surface area (Å²) in [6, 6.07) is 8.41. The Morgan fingerprint density at radius 2 is 2.06 bits per heavy atom. The molecule has 1 aliphatic rings. The Labute approximate surface area is 96.8 Å². The first-order valence-corrected chi connectivity index (χ1v) is 5.80. The molecule has 0 aromatic heterocycles. The molecule has 1 fully saturated rings. The molecule has 1 aromatic carbocycles. The highest BCUT2D eigenvalue weighted by atomic mass is 16.5. The number of hydrogen-bond donors (Lipinski definition) is 1. The molecule has 0 heterocycles. The predicted molar refractivity (Wildman–Crippen MR) is 64.1 cm³/mol. The fourth-order valence-corrected chi connectivity index (χ4v) is 2.18. The van der Waals surface area contributed by atoms with E-state index in [0.717, 1.165) is 24.3 Å². The summed E-state index contributed by atoms with van der Waals surface area (Å²) < 4.78 is 11.1. The van der Waals surface area contributed by atoms with E-state index >= 15 is 0 Å². The van der Waals surface area contributed by atoms with E-state index in [1.807, 2.05) is 31.3 Å². The number of nitrogens with one attached hydrogen (secondary N) is 1. The van der Waals surface area contributed by atoms with Gasteiger partial charge in [0.2, 0.25) is 0 Å². The zero-order valence-corrected chi connectivity index (χ0v) is 9.90. The molecule has 2 atom stereocenters. The van der Waals surface area contributed by atoms with Gasteiger partial charge >= 0.3 is 0 Å². The predicted octanol–water partition coefficient (Wildman–Crippen LogP) is 2.21. The van der Waals surface area contributed by atoms with Crippen LogP contribution < -0.4 is 14.8 Å². The van der Waals surface area contributed by atoms with Crippen molar-refractivity contribution in [3.05, 3.63) is 24.3 Å². The van der Waals surface area contributed by atoms with Crippen LogP contribution in [0.4, 0.5) is 0 Å². The van der Waals surface area contributed by atoms with Crippen LogP contribution in [0.3, 0.4) is 0 Å². The van der Waals surface area contributed by atoms with Crippen molar-refractivity contribution in [2.45, 2.75) is 31.4 Å². The second-order valence-electron chi connectivity index (χ2n) is 4.22. The lowest BCUT2D eigenvalue weighted by atomic mass is 10.2. The Morgan fingerprint density at radius 1 is 1.25 bits per heavy atom. The molecule has 1 N–H and O–H groups in total. The van der Waals surface area contributed by atoms with Gasteiger partial charge in [-0.05, 0) is 38.4 Å². The highest BCUT2D eigenvalue weighted by Crippen LogP contribution is 2.26. The molecule has 0 spiro atoms. The van der Waals surface area contributed by atoms with Crippen LogP contribution in [-0.2, 0) is 0 Å². The molecule has 3 nitrogen and oxygen atoms in total. The van der Waals surface area contributed by atoms with Crippen LogP contribution in [0.25, 0.3) is 0 Å². The highest BCUT2D eigenvalue weighted by Gasteiger charge is 2.24. The SMILES string of the molecule is CNC1CCC(Oc2cccc(OC)c2)C1. The second-order valence-corrected chi connectivity index (χ2v) is 4.22. The number of benzene rings is 1. The number of ether oxygens (including phenoxy) is 2. The third kappa shape index (κ3) is 2.67. The lowest BCUT2D eigenvalue weighted by Crippen LogP contribution is -2.23. The zero-order chi connectivity index (χ0) is 11.4. The maximum atomic E-state index is 5.93. The summed E-state index contributed by atoms with van der Waals surface area (Å²) >= 11 is 0. The van der Waals surface area contributed by atoms with Crippen molar-refractivity contribution >= 4 is 0 Å². The Bertz CT molecular complexity index is 340. The standard InChI is InChI=1S/C13H19NO2/c1-14-10-6-7-13(8-10)16-12-5-3-4-11(9-12)15-2/h3-5,9-10,13-14H,6-8H2,1-2H3. The van der Waals surface area contributed by atoms with Gasteiger partial charge in [0.1, 0.15) is 17.6 Å². The highest BCUT2D eigenvalue weighted by molar-refractivity contribution is 5.33. The number of rotatable bonds is 4. The summed E-state index contributed by atoms with van der Waals surface area (Å²) in [5, 5.41) is 3.30. The third-order valence-corrected chi connectivity index (χ3v) is 3.14. The van der Waals surface area contributed by atoms with Crippen LogP contribution in [0.2, 0.25) is 0 Å². The smallest absolute Gasteiger partial charge is 0.123 e. The minimum atomic E-state index is 0.338. The first-order chi connectivity index (χ1) is 7.81. The van der Waals surface area contributed by atoms with Crippen LogP contribution >= 0.6 is 0 Å². The largest absolute Gasteiger partial charge is 0.497 e. The lowest BCUT2D eigenvalue weighted by molar-refractivity contribution is 0.206. The second kappa shape index (κ2) is 5.21. The van der Waals surface area contributed by atoms with Crippen molar-refractivity contribution in [3.63, 3.8) is 0 Å². The van der Waals surface area contributed by atoms with Crippen LogP contribution in [0, 0.1) is 0 Å². The summed E-state index contributed by atoms with van der Waals surface area (Å²) in [5.74, 6) is 1.75. The van der Waals surface area contributed by atoms with Gasteiger partial charge < -0.3 is 14.8 Å². The van der Waals surface area contributed by atoms with Crippen LogP contribution in [-0.4, -0.2) is 26.3 Å². The van der Waals surface area contributed by atoms with Gasteiger partial charge in [-0.2, -0.15) is 0 Å². The van der Waals surface area contributed by atoms with Crippen LogP contribution in [0.5, 0.6) is 11.5 Å². The molecule has 0 saturated heterocycles. The van der Waals surface area contributed by atoms with Gasteiger partial charge in [-0.25, -0.2) is 0 Å². The maximum absolute atomic E-state index is 5.93. The number of hydrogen-bond acceptors (Lipinski definition) is 3. The quantitative estimate of drug-likeness (QED) is 0.845. The molecule has 0 bridgehead atoms. The first-order valence-electron chi connectivity index (χ1n) is 5.80. The van der Waals surface area contributed by atoms with Crippen molar-refractivity contribution in [2.24, 2.45) is 0 Å². The van der Waals surface area contributed by atoms with Gasteiger partial charge in [0, 0.05) is 12.1 Å². The third-order valence-electron chi connectivity index (χ3n) is 3.14. The van der Waals surface area contributed by atoms with E-state index in [-0.39, 0.29) is 0 Å². The van der Waals surface area contributed by atoms with E-state index in [0.29, 0.717) is 12.1 Å². The molecule has 3 heteroatoms.